The first-order chi connectivity index (χ1) is 37.1. The summed E-state index contributed by atoms with van der Waals surface area (Å²) in [7, 11) is 0. The fourth-order valence-corrected chi connectivity index (χ4v) is 11.0. The van der Waals surface area contributed by atoms with Crippen LogP contribution < -0.4 is 0 Å². The van der Waals surface area contributed by atoms with Gasteiger partial charge in [-0.2, -0.15) is 0 Å². The molecule has 0 fully saturated rings. The van der Waals surface area contributed by atoms with Crippen LogP contribution in [-0.4, -0.2) is 19.5 Å². The predicted molar refractivity (Wildman–Crippen MR) is 307 cm³/mol. The second-order valence-electron chi connectivity index (χ2n) is 19.1. The van der Waals surface area contributed by atoms with Crippen LogP contribution in [0, 0.1) is 0 Å². The first-order valence-electron chi connectivity index (χ1n) is 25.2. The van der Waals surface area contributed by atoms with Crippen LogP contribution in [0.3, 0.4) is 0 Å². The van der Waals surface area contributed by atoms with Crippen molar-refractivity contribution in [3.05, 3.63) is 255 Å². The van der Waals surface area contributed by atoms with E-state index in [9.17, 15) is 0 Å². The van der Waals surface area contributed by atoms with Gasteiger partial charge in [0.05, 0.1) is 16.7 Å². The van der Waals surface area contributed by atoms with Gasteiger partial charge in [-0.25, -0.2) is 15.0 Å². The van der Waals surface area contributed by atoms with Crippen molar-refractivity contribution < 1.29 is 8.83 Å². The Hall–Kier alpha value is -10.2. The average Bonchev–Trinajstić information content (AvgIpc) is 4.25. The summed E-state index contributed by atoms with van der Waals surface area (Å²) in [6.07, 6.45) is 0. The molecule has 75 heavy (non-hydrogen) atoms. The van der Waals surface area contributed by atoms with Crippen molar-refractivity contribution in [2.24, 2.45) is 0 Å². The summed E-state index contributed by atoms with van der Waals surface area (Å²) in [5.74, 6) is 1.74. The molecule has 0 N–H and O–H groups in total. The molecule has 6 nitrogen and oxygen atoms in total. The maximum Gasteiger partial charge on any atom is 0.164 e. The molecule has 0 saturated carbocycles. The van der Waals surface area contributed by atoms with Crippen molar-refractivity contribution in [2.45, 2.75) is 0 Å². The van der Waals surface area contributed by atoms with Gasteiger partial charge in [0.15, 0.2) is 23.1 Å². The Labute approximate surface area is 431 Å². The largest absolute Gasteiger partial charge is 0.456 e. The highest BCUT2D eigenvalue weighted by Gasteiger charge is 2.23. The minimum atomic E-state index is 0.560. The van der Waals surface area contributed by atoms with Crippen molar-refractivity contribution in [1.29, 1.82) is 0 Å². The van der Waals surface area contributed by atoms with Crippen molar-refractivity contribution in [1.82, 2.24) is 19.5 Å². The van der Waals surface area contributed by atoms with Crippen molar-refractivity contribution in [3.8, 4) is 84.4 Å². The van der Waals surface area contributed by atoms with Crippen LogP contribution in [0.25, 0.3) is 150 Å². The molecule has 11 aromatic carbocycles. The van der Waals surface area contributed by atoms with Gasteiger partial charge in [0.1, 0.15) is 16.7 Å². The van der Waals surface area contributed by atoms with Gasteiger partial charge in [0.25, 0.3) is 0 Å². The number of fused-ring (bicyclic) bond motifs is 9. The Balaban J connectivity index is 0.915. The Morgan fingerprint density at radius 1 is 0.267 bits per heavy atom. The predicted octanol–water partition coefficient (Wildman–Crippen LogP) is 18.4. The summed E-state index contributed by atoms with van der Waals surface area (Å²) >= 11 is 0. The summed E-state index contributed by atoms with van der Waals surface area (Å²) in [4.78, 5) is 15.7. The van der Waals surface area contributed by atoms with Crippen LogP contribution in [-0.2, 0) is 0 Å². The monoisotopic (exact) mass is 958 g/mol. The normalized spacial score (nSPS) is 11.7. The SMILES string of the molecule is c1ccc(-c2ccc(-c3nc(-c4ccccc4)nc(-c4cc(-c5cccc(-c6cc(-n7c8ccccc8c8cc(-c9ccccc9)ccc87)c7oc8ccccc8c7c6)c5)cc5oc6ccccc6c45)n3)cc2)cc1. The first-order valence-corrected chi connectivity index (χ1v) is 25.2. The first kappa shape index (κ1) is 42.5. The molecule has 0 radical (unpaired) electrons. The number of benzene rings is 11. The molecule has 15 aromatic rings. The molecule has 0 saturated heterocycles. The van der Waals surface area contributed by atoms with E-state index >= 15 is 0 Å². The second kappa shape index (κ2) is 17.3. The topological polar surface area (TPSA) is 69.9 Å². The van der Waals surface area contributed by atoms with Crippen molar-refractivity contribution in [3.63, 3.8) is 0 Å². The van der Waals surface area contributed by atoms with E-state index in [1.807, 2.05) is 54.6 Å². The minimum absolute atomic E-state index is 0.560. The smallest absolute Gasteiger partial charge is 0.164 e. The lowest BCUT2D eigenvalue weighted by Gasteiger charge is -2.13. The third kappa shape index (κ3) is 7.22. The summed E-state index contributed by atoms with van der Waals surface area (Å²) in [6.45, 7) is 0. The Bertz CT molecular complexity index is 4690. The molecule has 15 rings (SSSR count). The lowest BCUT2D eigenvalue weighted by molar-refractivity contribution is 0.666. The Kier molecular flexibility index (Phi) is 9.78. The van der Waals surface area contributed by atoms with Gasteiger partial charge < -0.3 is 13.4 Å². The molecule has 0 aliphatic heterocycles. The standard InChI is InChI=1S/C69H42N4O2/c1-4-17-43(18-5-1)45-31-33-47(34-32-45)68-70-67(46-21-8-3-9-22-46)71-69(72-68)58-40-52(42-64-65(58)55-27-12-15-30-63(55)74-64)49-24-16-23-48(37-49)51-39-57-54-26-11-14-29-62(54)75-66(57)61(41-51)73-59-28-13-10-25-53(59)56-38-50(35-36-60(56)73)44-19-6-2-7-20-44/h1-42H. The lowest BCUT2D eigenvalue weighted by Crippen LogP contribution is -2.00. The summed E-state index contributed by atoms with van der Waals surface area (Å²) in [6, 6.07) is 89.3. The molecule has 350 valence electrons. The molecule has 0 bridgehead atoms. The van der Waals surface area contributed by atoms with Crippen LogP contribution in [0.1, 0.15) is 0 Å². The third-order valence-corrected chi connectivity index (χ3v) is 14.6. The number of nitrogens with zero attached hydrogens (tertiary/aromatic N) is 4. The Morgan fingerprint density at radius 3 is 1.47 bits per heavy atom. The van der Waals surface area contributed by atoms with Gasteiger partial charge in [0, 0.05) is 49.0 Å². The zero-order chi connectivity index (χ0) is 49.4. The van der Waals surface area contributed by atoms with Gasteiger partial charge in [-0.15, -0.1) is 0 Å². The quantitative estimate of drug-likeness (QED) is 0.152. The van der Waals surface area contributed by atoms with Gasteiger partial charge >= 0.3 is 0 Å². The fourth-order valence-electron chi connectivity index (χ4n) is 11.0. The van der Waals surface area contributed by atoms with E-state index in [-0.39, 0.29) is 0 Å². The summed E-state index contributed by atoms with van der Waals surface area (Å²) in [5.41, 5.74) is 17.8. The maximum absolute atomic E-state index is 6.85. The number of rotatable bonds is 8. The highest BCUT2D eigenvalue weighted by molar-refractivity contribution is 6.15. The van der Waals surface area contributed by atoms with E-state index < -0.39 is 0 Å². The number of hydrogen-bond donors (Lipinski definition) is 0. The molecule has 4 heterocycles. The Morgan fingerprint density at radius 2 is 0.747 bits per heavy atom. The lowest BCUT2D eigenvalue weighted by atomic mass is 9.94. The van der Waals surface area contributed by atoms with Crippen molar-refractivity contribution >= 4 is 65.7 Å². The number of aromatic nitrogens is 4. The zero-order valence-corrected chi connectivity index (χ0v) is 40.4. The number of para-hydroxylation sites is 3. The van der Waals surface area contributed by atoms with E-state index in [4.69, 9.17) is 23.8 Å². The van der Waals surface area contributed by atoms with Gasteiger partial charge in [-0.1, -0.05) is 194 Å². The van der Waals surface area contributed by atoms with Crippen LogP contribution in [0.4, 0.5) is 0 Å². The highest BCUT2D eigenvalue weighted by atomic mass is 16.3. The number of hydrogen-bond acceptors (Lipinski definition) is 5. The van der Waals surface area contributed by atoms with E-state index in [0.717, 1.165) is 111 Å². The van der Waals surface area contributed by atoms with Crippen LogP contribution in [0.5, 0.6) is 0 Å². The summed E-state index contributed by atoms with van der Waals surface area (Å²) < 4.78 is 16.0. The molecule has 6 heteroatoms. The van der Waals surface area contributed by atoms with E-state index in [0.29, 0.717) is 17.5 Å². The fraction of sp³-hybridized carbons (Fsp3) is 0. The van der Waals surface area contributed by atoms with E-state index in [1.54, 1.807) is 0 Å². The number of furan rings is 2. The molecule has 0 aliphatic rings. The van der Waals surface area contributed by atoms with Crippen LogP contribution >= 0.6 is 0 Å². The summed E-state index contributed by atoms with van der Waals surface area (Å²) in [5, 5.41) is 6.43. The van der Waals surface area contributed by atoms with Crippen LogP contribution in [0.15, 0.2) is 264 Å². The molecule has 0 unspecified atom stereocenters. The molecule has 0 aliphatic carbocycles. The van der Waals surface area contributed by atoms with Gasteiger partial charge in [-0.05, 0) is 105 Å². The second-order valence-corrected chi connectivity index (χ2v) is 19.1. The van der Waals surface area contributed by atoms with E-state index in [1.165, 1.54) is 21.9 Å². The molecule has 4 aromatic heterocycles. The molecule has 0 amide bonds. The minimum Gasteiger partial charge on any atom is -0.456 e. The van der Waals surface area contributed by atoms with Gasteiger partial charge in [0.2, 0.25) is 0 Å². The molecular formula is C69H42N4O2. The van der Waals surface area contributed by atoms with Gasteiger partial charge in [-0.3, -0.25) is 0 Å². The van der Waals surface area contributed by atoms with Crippen molar-refractivity contribution in [2.75, 3.05) is 0 Å². The molecular weight excluding hydrogens is 917 g/mol. The zero-order valence-electron chi connectivity index (χ0n) is 40.4. The molecule has 0 spiro atoms. The van der Waals surface area contributed by atoms with E-state index in [2.05, 4.69) is 205 Å². The maximum atomic E-state index is 6.85. The average molecular weight is 959 g/mol. The van der Waals surface area contributed by atoms with Crippen LogP contribution in [0.2, 0.25) is 0 Å². The third-order valence-electron chi connectivity index (χ3n) is 14.6. The highest BCUT2D eigenvalue weighted by Crippen LogP contribution is 2.44. The molecule has 0 atom stereocenters.